The average Bonchev–Trinajstić information content (AvgIpc) is 2.86. The van der Waals surface area contributed by atoms with E-state index in [0.717, 1.165) is 26.2 Å². The maximum atomic E-state index is 5.73. The predicted octanol–water partition coefficient (Wildman–Crippen LogP) is 1.98. The normalized spacial score (nSPS) is 36.5. The van der Waals surface area contributed by atoms with Crippen molar-refractivity contribution in [2.24, 2.45) is 0 Å². The Bertz CT molecular complexity index is 422. The van der Waals surface area contributed by atoms with E-state index in [-0.39, 0.29) is 5.54 Å². The highest BCUT2D eigenvalue weighted by molar-refractivity contribution is 5.25. The van der Waals surface area contributed by atoms with Gasteiger partial charge in [-0.2, -0.15) is 0 Å². The minimum atomic E-state index is 0.0574. The summed E-state index contributed by atoms with van der Waals surface area (Å²) in [7, 11) is 0. The van der Waals surface area contributed by atoms with Crippen LogP contribution in [-0.4, -0.2) is 43.3 Å². The summed E-state index contributed by atoms with van der Waals surface area (Å²) in [5.41, 5.74) is 1.44. The number of rotatable bonds is 2. The maximum absolute atomic E-state index is 5.73. The van der Waals surface area contributed by atoms with Gasteiger partial charge in [0.15, 0.2) is 0 Å². The molecule has 3 atom stereocenters. The lowest BCUT2D eigenvalue weighted by Crippen LogP contribution is -2.59. The largest absolute Gasteiger partial charge is 0.377 e. The molecule has 104 valence electrons. The molecule has 0 radical (unpaired) electrons. The topological polar surface area (TPSA) is 24.5 Å². The summed E-state index contributed by atoms with van der Waals surface area (Å²) in [6.45, 7) is 8.68. The maximum Gasteiger partial charge on any atom is 0.0703 e. The second-order valence-electron chi connectivity index (χ2n) is 6.03. The average molecular weight is 260 g/mol. The van der Waals surface area contributed by atoms with Crippen molar-refractivity contribution < 1.29 is 4.74 Å². The monoisotopic (exact) mass is 260 g/mol. The van der Waals surface area contributed by atoms with Gasteiger partial charge in [-0.3, -0.25) is 4.90 Å². The molecule has 1 aromatic carbocycles. The van der Waals surface area contributed by atoms with E-state index in [9.17, 15) is 0 Å². The Labute approximate surface area is 115 Å². The smallest absolute Gasteiger partial charge is 0.0703 e. The molecule has 3 unspecified atom stereocenters. The predicted molar refractivity (Wildman–Crippen MR) is 77.2 cm³/mol. The van der Waals surface area contributed by atoms with Gasteiger partial charge in [-0.05, 0) is 25.8 Å². The van der Waals surface area contributed by atoms with E-state index in [2.05, 4.69) is 54.4 Å². The molecule has 0 aliphatic carbocycles. The molecule has 2 fully saturated rings. The van der Waals surface area contributed by atoms with Gasteiger partial charge in [0.25, 0.3) is 0 Å². The zero-order chi connectivity index (χ0) is 13.3. The van der Waals surface area contributed by atoms with Gasteiger partial charge in [-0.1, -0.05) is 30.3 Å². The lowest BCUT2D eigenvalue weighted by Gasteiger charge is -2.45. The molecule has 1 N–H and O–H groups in total. The van der Waals surface area contributed by atoms with E-state index >= 15 is 0 Å². The van der Waals surface area contributed by atoms with Gasteiger partial charge in [0.1, 0.15) is 0 Å². The van der Waals surface area contributed by atoms with Crippen LogP contribution in [0.15, 0.2) is 30.3 Å². The first-order chi connectivity index (χ1) is 9.19. The zero-order valence-electron chi connectivity index (χ0n) is 11.9. The summed E-state index contributed by atoms with van der Waals surface area (Å²) in [6.07, 6.45) is 1.55. The van der Waals surface area contributed by atoms with E-state index < -0.39 is 0 Å². The molecule has 2 heterocycles. The fraction of sp³-hybridized carbons (Fsp3) is 0.625. The molecule has 2 aliphatic heterocycles. The summed E-state index contributed by atoms with van der Waals surface area (Å²) in [5, 5.41) is 3.70. The van der Waals surface area contributed by atoms with Gasteiger partial charge >= 0.3 is 0 Å². The molecule has 0 saturated carbocycles. The molecule has 19 heavy (non-hydrogen) atoms. The van der Waals surface area contributed by atoms with Crippen LogP contribution in [0.4, 0.5) is 0 Å². The Kier molecular flexibility index (Phi) is 3.61. The highest BCUT2D eigenvalue weighted by atomic mass is 16.5. The van der Waals surface area contributed by atoms with Gasteiger partial charge in [-0.15, -0.1) is 0 Å². The third-order valence-electron chi connectivity index (χ3n) is 4.65. The molecular weight excluding hydrogens is 236 g/mol. The molecule has 0 aromatic heterocycles. The molecule has 0 bridgehead atoms. The summed E-state index contributed by atoms with van der Waals surface area (Å²) in [5.74, 6) is 0. The van der Waals surface area contributed by atoms with Crippen molar-refractivity contribution in [2.75, 3.05) is 26.2 Å². The second kappa shape index (κ2) is 5.23. The number of benzene rings is 1. The van der Waals surface area contributed by atoms with Crippen LogP contribution in [0.1, 0.15) is 25.8 Å². The summed E-state index contributed by atoms with van der Waals surface area (Å²) >= 11 is 0. The first-order valence-corrected chi connectivity index (χ1v) is 7.35. The lowest BCUT2D eigenvalue weighted by atomic mass is 9.88. The summed E-state index contributed by atoms with van der Waals surface area (Å²) in [6, 6.07) is 11.4. The van der Waals surface area contributed by atoms with Crippen LogP contribution >= 0.6 is 0 Å². The Balaban J connectivity index is 1.77. The van der Waals surface area contributed by atoms with Gasteiger partial charge < -0.3 is 10.1 Å². The van der Waals surface area contributed by atoms with Gasteiger partial charge in [-0.25, -0.2) is 0 Å². The summed E-state index contributed by atoms with van der Waals surface area (Å²) in [4.78, 5) is 2.61. The highest BCUT2D eigenvalue weighted by Gasteiger charge is 2.38. The van der Waals surface area contributed by atoms with Crippen LogP contribution in [0.25, 0.3) is 0 Å². The molecule has 2 aliphatic rings. The van der Waals surface area contributed by atoms with Crippen LogP contribution in [0, 0.1) is 0 Å². The van der Waals surface area contributed by atoms with Crippen LogP contribution in [0.5, 0.6) is 0 Å². The third-order valence-corrected chi connectivity index (χ3v) is 4.65. The zero-order valence-corrected chi connectivity index (χ0v) is 11.9. The molecule has 1 aromatic rings. The van der Waals surface area contributed by atoms with E-state index in [4.69, 9.17) is 4.74 Å². The number of piperazine rings is 1. The van der Waals surface area contributed by atoms with Crippen molar-refractivity contribution in [1.82, 2.24) is 10.2 Å². The minimum absolute atomic E-state index is 0.0574. The van der Waals surface area contributed by atoms with Crippen LogP contribution in [0.2, 0.25) is 0 Å². The van der Waals surface area contributed by atoms with E-state index in [0.29, 0.717) is 12.1 Å². The van der Waals surface area contributed by atoms with Crippen molar-refractivity contribution in [2.45, 2.75) is 38.0 Å². The second-order valence-corrected chi connectivity index (χ2v) is 6.03. The molecule has 2 saturated heterocycles. The fourth-order valence-corrected chi connectivity index (χ4v) is 3.50. The molecule has 0 amide bonds. The molecule has 0 spiro atoms. The van der Waals surface area contributed by atoms with Crippen LogP contribution in [0.3, 0.4) is 0 Å². The Morgan fingerprint density at radius 1 is 1.32 bits per heavy atom. The van der Waals surface area contributed by atoms with Gasteiger partial charge in [0.05, 0.1) is 11.6 Å². The summed E-state index contributed by atoms with van der Waals surface area (Å²) < 4.78 is 5.73. The highest BCUT2D eigenvalue weighted by Crippen LogP contribution is 2.28. The van der Waals surface area contributed by atoms with Gasteiger partial charge in [0, 0.05) is 32.3 Å². The minimum Gasteiger partial charge on any atom is -0.377 e. The first-order valence-electron chi connectivity index (χ1n) is 7.35. The van der Waals surface area contributed by atoms with Crippen molar-refractivity contribution in [3.05, 3.63) is 35.9 Å². The van der Waals surface area contributed by atoms with E-state index in [1.54, 1.807) is 0 Å². The quantitative estimate of drug-likeness (QED) is 0.880. The molecule has 3 rings (SSSR count). The third kappa shape index (κ3) is 2.55. The SMILES string of the molecule is CC1OCCC1N1CCNC(C)(c2ccccc2)C1. The van der Waals surface area contributed by atoms with E-state index in [1.807, 2.05) is 0 Å². The first kappa shape index (κ1) is 13.1. The van der Waals surface area contributed by atoms with Gasteiger partial charge in [0.2, 0.25) is 0 Å². The Hall–Kier alpha value is -0.900. The number of hydrogen-bond donors (Lipinski definition) is 1. The lowest BCUT2D eigenvalue weighted by molar-refractivity contribution is 0.0442. The number of nitrogens with one attached hydrogen (secondary N) is 1. The van der Waals surface area contributed by atoms with Crippen LogP contribution < -0.4 is 5.32 Å². The number of hydrogen-bond acceptors (Lipinski definition) is 3. The fourth-order valence-electron chi connectivity index (χ4n) is 3.50. The standard InChI is InChI=1S/C16H24N2O/c1-13-15(8-11-19-13)18-10-9-17-16(2,12-18)14-6-4-3-5-7-14/h3-7,13,15,17H,8-12H2,1-2H3. The van der Waals surface area contributed by atoms with Crippen molar-refractivity contribution in [1.29, 1.82) is 0 Å². The Morgan fingerprint density at radius 2 is 2.11 bits per heavy atom. The van der Waals surface area contributed by atoms with Crippen LogP contribution in [-0.2, 0) is 10.3 Å². The Morgan fingerprint density at radius 3 is 2.79 bits per heavy atom. The van der Waals surface area contributed by atoms with E-state index in [1.165, 1.54) is 12.0 Å². The molecule has 3 nitrogen and oxygen atoms in total. The van der Waals surface area contributed by atoms with Crippen molar-refractivity contribution >= 4 is 0 Å². The molecular formula is C16H24N2O. The van der Waals surface area contributed by atoms with Crippen molar-refractivity contribution in [3.63, 3.8) is 0 Å². The molecule has 3 heteroatoms. The number of ether oxygens (including phenoxy) is 1. The number of nitrogens with zero attached hydrogens (tertiary/aromatic N) is 1. The van der Waals surface area contributed by atoms with Crippen molar-refractivity contribution in [3.8, 4) is 0 Å².